The van der Waals surface area contributed by atoms with Crippen molar-refractivity contribution >= 4 is 0 Å². The van der Waals surface area contributed by atoms with Crippen molar-refractivity contribution < 1.29 is 0 Å². The maximum atomic E-state index is 4.26. The highest BCUT2D eigenvalue weighted by molar-refractivity contribution is 5.10. The Hall–Kier alpha value is -0.830. The molecule has 0 saturated heterocycles. The molecular formula is C13H25N3. The molecule has 92 valence electrons. The highest BCUT2D eigenvalue weighted by Gasteiger charge is 2.21. The molecule has 1 N–H and O–H groups in total. The molecule has 0 saturated carbocycles. The van der Waals surface area contributed by atoms with Crippen LogP contribution in [0.2, 0.25) is 0 Å². The summed E-state index contributed by atoms with van der Waals surface area (Å²) in [5, 5.41) is 3.32. The Morgan fingerprint density at radius 1 is 1.31 bits per heavy atom. The zero-order valence-corrected chi connectivity index (χ0v) is 11.1. The number of aromatic nitrogens is 2. The van der Waals surface area contributed by atoms with E-state index in [1.165, 1.54) is 31.4 Å². The van der Waals surface area contributed by atoms with E-state index in [4.69, 9.17) is 0 Å². The Labute approximate surface area is 99.3 Å². The van der Waals surface area contributed by atoms with Gasteiger partial charge in [-0.1, -0.05) is 26.2 Å². The summed E-state index contributed by atoms with van der Waals surface area (Å²) in [6.45, 7) is 7.70. The summed E-state index contributed by atoms with van der Waals surface area (Å²) in [6.07, 6.45) is 9.10. The number of aryl methyl sites for hydroxylation is 1. The normalized spacial score (nSPS) is 12.0. The molecule has 0 aliphatic heterocycles. The summed E-state index contributed by atoms with van der Waals surface area (Å²) in [6, 6.07) is 0. The Bertz CT molecular complexity index is 302. The number of nitrogens with zero attached hydrogens (tertiary/aromatic N) is 2. The minimum atomic E-state index is 0.00125. The first-order valence-corrected chi connectivity index (χ1v) is 6.31. The lowest BCUT2D eigenvalue weighted by atomic mass is 10.0. The molecule has 0 aromatic carbocycles. The smallest absolute Gasteiger partial charge is 0.0948 e. The minimum Gasteiger partial charge on any atom is -0.333 e. The van der Waals surface area contributed by atoms with Crippen molar-refractivity contribution in [1.29, 1.82) is 0 Å². The molecule has 0 bridgehead atoms. The molecule has 3 nitrogen and oxygen atoms in total. The van der Waals surface area contributed by atoms with Crippen molar-refractivity contribution in [2.75, 3.05) is 7.05 Å². The average molecular weight is 223 g/mol. The predicted octanol–water partition coefficient (Wildman–Crippen LogP) is 2.92. The summed E-state index contributed by atoms with van der Waals surface area (Å²) in [4.78, 5) is 4.26. The highest BCUT2D eigenvalue weighted by Crippen LogP contribution is 2.19. The van der Waals surface area contributed by atoms with Crippen LogP contribution >= 0.6 is 0 Å². The molecular weight excluding hydrogens is 198 g/mol. The molecule has 0 unspecified atom stereocenters. The molecule has 1 heterocycles. The van der Waals surface area contributed by atoms with E-state index in [-0.39, 0.29) is 5.54 Å². The number of hydrogen-bond donors (Lipinski definition) is 1. The number of imidazole rings is 1. The van der Waals surface area contributed by atoms with E-state index in [1.54, 1.807) is 0 Å². The van der Waals surface area contributed by atoms with Gasteiger partial charge in [0, 0.05) is 12.7 Å². The van der Waals surface area contributed by atoms with Crippen LogP contribution in [-0.4, -0.2) is 16.6 Å². The highest BCUT2D eigenvalue weighted by atomic mass is 15.1. The van der Waals surface area contributed by atoms with Gasteiger partial charge in [0.1, 0.15) is 0 Å². The van der Waals surface area contributed by atoms with Crippen molar-refractivity contribution in [2.24, 2.45) is 0 Å². The summed E-state index contributed by atoms with van der Waals surface area (Å²) in [7, 11) is 1.99. The lowest BCUT2D eigenvalue weighted by Gasteiger charge is -2.25. The topological polar surface area (TPSA) is 29.9 Å². The van der Waals surface area contributed by atoms with E-state index >= 15 is 0 Å². The fourth-order valence-corrected chi connectivity index (χ4v) is 1.86. The van der Waals surface area contributed by atoms with Gasteiger partial charge in [0.25, 0.3) is 0 Å². The molecule has 1 aromatic heterocycles. The standard InChI is InChI=1S/C13H25N3/c1-5-6-7-8-9-16-11-15-10-12(16)13(2,3)14-4/h10-11,14H,5-9H2,1-4H3. The zero-order chi connectivity index (χ0) is 12.0. The van der Waals surface area contributed by atoms with Gasteiger partial charge < -0.3 is 9.88 Å². The SMILES string of the molecule is CCCCCCn1cncc1C(C)(C)NC. The van der Waals surface area contributed by atoms with Gasteiger partial charge in [-0.2, -0.15) is 0 Å². The lowest BCUT2D eigenvalue weighted by Crippen LogP contribution is -2.35. The Kier molecular flexibility index (Phi) is 5.00. The minimum absolute atomic E-state index is 0.00125. The van der Waals surface area contributed by atoms with Gasteiger partial charge in [-0.05, 0) is 27.3 Å². The van der Waals surface area contributed by atoms with Gasteiger partial charge in [0.05, 0.1) is 17.6 Å². The van der Waals surface area contributed by atoms with Crippen molar-refractivity contribution in [1.82, 2.24) is 14.9 Å². The fourth-order valence-electron chi connectivity index (χ4n) is 1.86. The van der Waals surface area contributed by atoms with Gasteiger partial charge >= 0.3 is 0 Å². The third-order valence-corrected chi connectivity index (χ3v) is 3.23. The van der Waals surface area contributed by atoms with Crippen molar-refractivity contribution in [3.05, 3.63) is 18.2 Å². The van der Waals surface area contributed by atoms with Gasteiger partial charge in [-0.3, -0.25) is 0 Å². The second-order valence-corrected chi connectivity index (χ2v) is 4.91. The zero-order valence-electron chi connectivity index (χ0n) is 11.1. The van der Waals surface area contributed by atoms with Crippen LogP contribution in [0.3, 0.4) is 0 Å². The molecule has 0 aliphatic rings. The molecule has 0 amide bonds. The molecule has 1 aromatic rings. The molecule has 0 radical (unpaired) electrons. The molecule has 0 aliphatic carbocycles. The number of unbranched alkanes of at least 4 members (excludes halogenated alkanes) is 3. The summed E-state index contributed by atoms with van der Waals surface area (Å²) in [5.41, 5.74) is 1.27. The van der Waals surface area contributed by atoms with E-state index in [0.717, 1.165) is 6.54 Å². The van der Waals surface area contributed by atoms with Crippen LogP contribution in [0.4, 0.5) is 0 Å². The lowest BCUT2D eigenvalue weighted by molar-refractivity contribution is 0.404. The largest absolute Gasteiger partial charge is 0.333 e. The van der Waals surface area contributed by atoms with Crippen LogP contribution in [0.1, 0.15) is 52.1 Å². The Morgan fingerprint density at radius 2 is 2.06 bits per heavy atom. The van der Waals surface area contributed by atoms with E-state index in [2.05, 4.69) is 35.6 Å². The van der Waals surface area contributed by atoms with Gasteiger partial charge in [-0.15, -0.1) is 0 Å². The average Bonchev–Trinajstić information content (AvgIpc) is 2.73. The number of nitrogens with one attached hydrogen (secondary N) is 1. The predicted molar refractivity (Wildman–Crippen MR) is 68.5 cm³/mol. The summed E-state index contributed by atoms with van der Waals surface area (Å²) < 4.78 is 2.27. The van der Waals surface area contributed by atoms with Crippen LogP contribution in [0.5, 0.6) is 0 Å². The van der Waals surface area contributed by atoms with Gasteiger partial charge in [0.2, 0.25) is 0 Å². The van der Waals surface area contributed by atoms with Crippen molar-refractivity contribution in [3.63, 3.8) is 0 Å². The monoisotopic (exact) mass is 223 g/mol. The molecule has 0 fully saturated rings. The van der Waals surface area contributed by atoms with Crippen LogP contribution in [0.15, 0.2) is 12.5 Å². The van der Waals surface area contributed by atoms with Crippen LogP contribution in [0.25, 0.3) is 0 Å². The Morgan fingerprint density at radius 3 is 2.69 bits per heavy atom. The van der Waals surface area contributed by atoms with Crippen LogP contribution < -0.4 is 5.32 Å². The Balaban J connectivity index is 2.57. The summed E-state index contributed by atoms with van der Waals surface area (Å²) >= 11 is 0. The first-order valence-electron chi connectivity index (χ1n) is 6.31. The van der Waals surface area contributed by atoms with E-state index in [9.17, 15) is 0 Å². The van der Waals surface area contributed by atoms with Crippen LogP contribution in [-0.2, 0) is 12.1 Å². The third-order valence-electron chi connectivity index (χ3n) is 3.23. The quantitative estimate of drug-likeness (QED) is 0.720. The molecule has 3 heteroatoms. The van der Waals surface area contributed by atoms with Gasteiger partial charge in [-0.25, -0.2) is 4.98 Å². The molecule has 1 rings (SSSR count). The molecule has 16 heavy (non-hydrogen) atoms. The van der Waals surface area contributed by atoms with Crippen LogP contribution in [0, 0.1) is 0 Å². The van der Waals surface area contributed by atoms with E-state index in [1.807, 2.05) is 19.6 Å². The summed E-state index contributed by atoms with van der Waals surface area (Å²) in [5.74, 6) is 0. The molecule has 0 spiro atoms. The van der Waals surface area contributed by atoms with Gasteiger partial charge in [0.15, 0.2) is 0 Å². The number of rotatable bonds is 7. The van der Waals surface area contributed by atoms with Crippen molar-refractivity contribution in [2.45, 2.75) is 58.5 Å². The first-order chi connectivity index (χ1) is 7.61. The fraction of sp³-hybridized carbons (Fsp3) is 0.769. The number of hydrogen-bond acceptors (Lipinski definition) is 2. The second kappa shape index (κ2) is 6.04. The maximum absolute atomic E-state index is 4.26. The first kappa shape index (κ1) is 13.2. The third kappa shape index (κ3) is 3.34. The molecule has 0 atom stereocenters. The maximum Gasteiger partial charge on any atom is 0.0948 e. The van der Waals surface area contributed by atoms with E-state index in [0.29, 0.717) is 0 Å². The van der Waals surface area contributed by atoms with E-state index < -0.39 is 0 Å². The second-order valence-electron chi connectivity index (χ2n) is 4.91. The van der Waals surface area contributed by atoms with Crippen molar-refractivity contribution in [3.8, 4) is 0 Å².